The lowest BCUT2D eigenvalue weighted by molar-refractivity contribution is -0.116. The van der Waals surface area contributed by atoms with Crippen molar-refractivity contribution in [2.75, 3.05) is 5.32 Å². The molecule has 3 rings (SSSR count). The molecule has 2 aromatic carbocycles. The lowest BCUT2D eigenvalue weighted by Gasteiger charge is -2.06. The van der Waals surface area contributed by atoms with E-state index in [9.17, 15) is 9.59 Å². The summed E-state index contributed by atoms with van der Waals surface area (Å²) in [5, 5.41) is 6.76. The summed E-state index contributed by atoms with van der Waals surface area (Å²) in [6.45, 7) is 0.146. The number of anilines is 1. The van der Waals surface area contributed by atoms with Crippen LogP contribution in [-0.4, -0.2) is 21.5 Å². The third kappa shape index (κ3) is 4.75. The van der Waals surface area contributed by atoms with Crippen molar-refractivity contribution < 1.29 is 9.59 Å². The van der Waals surface area contributed by atoms with Gasteiger partial charge in [0, 0.05) is 23.6 Å². The Labute approximate surface area is 145 Å². The van der Waals surface area contributed by atoms with Gasteiger partial charge in [-0.1, -0.05) is 36.4 Å². The maximum absolute atomic E-state index is 12.2. The zero-order valence-corrected chi connectivity index (χ0v) is 13.5. The van der Waals surface area contributed by atoms with E-state index in [4.69, 9.17) is 0 Å². The summed E-state index contributed by atoms with van der Waals surface area (Å²) in [6, 6.07) is 18.2. The van der Waals surface area contributed by atoms with Gasteiger partial charge in [0.05, 0.1) is 0 Å². The molecule has 124 valence electrons. The molecule has 25 heavy (non-hydrogen) atoms. The Balaban J connectivity index is 1.59. The van der Waals surface area contributed by atoms with Gasteiger partial charge in [-0.25, -0.2) is 0 Å². The first-order valence-electron chi connectivity index (χ1n) is 7.85. The topological polar surface area (TPSA) is 64.0 Å². The molecule has 1 aromatic heterocycles. The van der Waals surface area contributed by atoms with Crippen molar-refractivity contribution in [1.82, 2.24) is 9.78 Å². The SMILES string of the molecule is O=C(Cn1cccn1)Nc1ccc(C(=O)/C=C/c2ccccc2)cc1. The first kappa shape index (κ1) is 16.4. The molecule has 3 aromatic rings. The molecule has 5 heteroatoms. The van der Waals surface area contributed by atoms with Gasteiger partial charge in [-0.15, -0.1) is 0 Å². The predicted molar refractivity (Wildman–Crippen MR) is 97.1 cm³/mol. The monoisotopic (exact) mass is 331 g/mol. The first-order valence-corrected chi connectivity index (χ1v) is 7.85. The van der Waals surface area contributed by atoms with Crippen LogP contribution in [0.1, 0.15) is 15.9 Å². The molecule has 1 heterocycles. The fourth-order valence-corrected chi connectivity index (χ4v) is 2.29. The number of rotatable bonds is 6. The van der Waals surface area contributed by atoms with E-state index >= 15 is 0 Å². The lowest BCUT2D eigenvalue weighted by Crippen LogP contribution is -2.18. The zero-order valence-electron chi connectivity index (χ0n) is 13.5. The summed E-state index contributed by atoms with van der Waals surface area (Å²) in [7, 11) is 0. The van der Waals surface area contributed by atoms with Crippen LogP contribution in [0.25, 0.3) is 6.08 Å². The minimum atomic E-state index is -0.174. The van der Waals surface area contributed by atoms with Crippen molar-refractivity contribution in [3.05, 3.63) is 90.3 Å². The van der Waals surface area contributed by atoms with Gasteiger partial charge in [-0.05, 0) is 42.0 Å². The number of amides is 1. The number of nitrogens with one attached hydrogen (secondary N) is 1. The van der Waals surface area contributed by atoms with E-state index in [0.717, 1.165) is 5.56 Å². The summed E-state index contributed by atoms with van der Waals surface area (Å²) in [5.41, 5.74) is 2.18. The van der Waals surface area contributed by atoms with Crippen LogP contribution in [0.5, 0.6) is 0 Å². The number of aromatic nitrogens is 2. The van der Waals surface area contributed by atoms with Crippen LogP contribution in [0.3, 0.4) is 0 Å². The van der Waals surface area contributed by atoms with Gasteiger partial charge in [0.15, 0.2) is 5.78 Å². The van der Waals surface area contributed by atoms with E-state index in [1.54, 1.807) is 59.6 Å². The van der Waals surface area contributed by atoms with Crippen LogP contribution < -0.4 is 5.32 Å². The minimum absolute atomic E-state index is 0.0849. The molecule has 0 aliphatic rings. The number of hydrogen-bond donors (Lipinski definition) is 1. The summed E-state index contributed by atoms with van der Waals surface area (Å²) >= 11 is 0. The summed E-state index contributed by atoms with van der Waals surface area (Å²) < 4.78 is 1.54. The normalized spacial score (nSPS) is 10.7. The van der Waals surface area contributed by atoms with Crippen molar-refractivity contribution in [1.29, 1.82) is 0 Å². The van der Waals surface area contributed by atoms with Gasteiger partial charge in [0.2, 0.25) is 5.91 Å². The average Bonchev–Trinajstić information content (AvgIpc) is 3.14. The molecule has 0 saturated heterocycles. The van der Waals surface area contributed by atoms with Gasteiger partial charge in [0.1, 0.15) is 6.54 Å². The number of benzene rings is 2. The van der Waals surface area contributed by atoms with E-state index < -0.39 is 0 Å². The molecule has 0 spiro atoms. The largest absolute Gasteiger partial charge is 0.324 e. The van der Waals surface area contributed by atoms with Crippen LogP contribution >= 0.6 is 0 Å². The Hall–Kier alpha value is -3.47. The molecule has 5 nitrogen and oxygen atoms in total. The number of ketones is 1. The standard InChI is InChI=1S/C20H17N3O2/c24-19(12-7-16-5-2-1-3-6-16)17-8-10-18(11-9-17)22-20(25)15-23-14-4-13-21-23/h1-14H,15H2,(H,22,25)/b12-7+. The number of hydrogen-bond acceptors (Lipinski definition) is 3. The Bertz CT molecular complexity index is 867. The minimum Gasteiger partial charge on any atom is -0.324 e. The van der Waals surface area contributed by atoms with Crippen LogP contribution in [0, 0.1) is 0 Å². The molecular weight excluding hydrogens is 314 g/mol. The molecule has 1 amide bonds. The Morgan fingerprint density at radius 3 is 2.44 bits per heavy atom. The molecule has 0 aliphatic heterocycles. The van der Waals surface area contributed by atoms with Crippen LogP contribution in [0.2, 0.25) is 0 Å². The second-order valence-electron chi connectivity index (χ2n) is 5.44. The highest BCUT2D eigenvalue weighted by Crippen LogP contribution is 2.11. The van der Waals surface area contributed by atoms with E-state index in [-0.39, 0.29) is 18.2 Å². The Morgan fingerprint density at radius 2 is 1.76 bits per heavy atom. The first-order chi connectivity index (χ1) is 12.2. The lowest BCUT2D eigenvalue weighted by atomic mass is 10.1. The molecule has 0 unspecified atom stereocenters. The van der Waals surface area contributed by atoms with Gasteiger partial charge >= 0.3 is 0 Å². The van der Waals surface area contributed by atoms with Gasteiger partial charge < -0.3 is 5.32 Å². The second kappa shape index (κ2) is 7.88. The van der Waals surface area contributed by atoms with Gasteiger partial charge in [-0.3, -0.25) is 14.3 Å². The molecule has 0 fully saturated rings. The van der Waals surface area contributed by atoms with Crippen LogP contribution in [0.4, 0.5) is 5.69 Å². The van der Waals surface area contributed by atoms with Crippen LogP contribution in [0.15, 0.2) is 79.1 Å². The number of carbonyl (C=O) groups excluding carboxylic acids is 2. The van der Waals surface area contributed by atoms with Crippen molar-refractivity contribution in [2.45, 2.75) is 6.54 Å². The highest BCUT2D eigenvalue weighted by Gasteiger charge is 2.05. The molecule has 0 atom stereocenters. The molecule has 1 N–H and O–H groups in total. The maximum Gasteiger partial charge on any atom is 0.246 e. The summed E-state index contributed by atoms with van der Waals surface area (Å²) in [4.78, 5) is 24.1. The molecule has 0 radical (unpaired) electrons. The number of nitrogens with zero attached hydrogens (tertiary/aromatic N) is 2. The summed E-state index contributed by atoms with van der Waals surface area (Å²) in [5.74, 6) is -0.259. The average molecular weight is 331 g/mol. The van der Waals surface area contributed by atoms with Gasteiger partial charge in [0.25, 0.3) is 0 Å². The quantitative estimate of drug-likeness (QED) is 0.556. The predicted octanol–water partition coefficient (Wildman–Crippen LogP) is 3.42. The van der Waals surface area contributed by atoms with E-state index in [0.29, 0.717) is 11.3 Å². The fourth-order valence-electron chi connectivity index (χ4n) is 2.29. The van der Waals surface area contributed by atoms with Crippen molar-refractivity contribution in [2.24, 2.45) is 0 Å². The van der Waals surface area contributed by atoms with Crippen molar-refractivity contribution in [3.63, 3.8) is 0 Å². The smallest absolute Gasteiger partial charge is 0.246 e. The maximum atomic E-state index is 12.2. The second-order valence-corrected chi connectivity index (χ2v) is 5.44. The fraction of sp³-hybridized carbons (Fsp3) is 0.0500. The zero-order chi connectivity index (χ0) is 17.5. The Kier molecular flexibility index (Phi) is 5.16. The van der Waals surface area contributed by atoms with E-state index in [2.05, 4.69) is 10.4 Å². The molecule has 0 aliphatic carbocycles. The van der Waals surface area contributed by atoms with E-state index in [1.807, 2.05) is 30.3 Å². The number of carbonyl (C=O) groups is 2. The number of allylic oxidation sites excluding steroid dienone is 1. The van der Waals surface area contributed by atoms with Crippen molar-refractivity contribution in [3.8, 4) is 0 Å². The third-order valence-corrected chi connectivity index (χ3v) is 3.54. The van der Waals surface area contributed by atoms with E-state index in [1.165, 1.54) is 0 Å². The summed E-state index contributed by atoms with van der Waals surface area (Å²) in [6.07, 6.45) is 6.67. The van der Waals surface area contributed by atoms with Gasteiger partial charge in [-0.2, -0.15) is 5.10 Å². The third-order valence-electron chi connectivity index (χ3n) is 3.54. The molecular formula is C20H17N3O2. The Morgan fingerprint density at radius 1 is 1.00 bits per heavy atom. The highest BCUT2D eigenvalue weighted by molar-refractivity contribution is 6.07. The molecule has 0 bridgehead atoms. The highest BCUT2D eigenvalue weighted by atomic mass is 16.2. The van der Waals surface area contributed by atoms with Crippen molar-refractivity contribution >= 4 is 23.5 Å². The molecule has 0 saturated carbocycles. The van der Waals surface area contributed by atoms with Crippen LogP contribution in [-0.2, 0) is 11.3 Å².